The van der Waals surface area contributed by atoms with Crippen LogP contribution in [0.25, 0.3) is 10.9 Å². The Labute approximate surface area is 83.4 Å². The van der Waals surface area contributed by atoms with E-state index in [1.807, 2.05) is 24.3 Å². The molecule has 0 saturated heterocycles. The van der Waals surface area contributed by atoms with Crippen LogP contribution in [0.3, 0.4) is 0 Å². The Bertz CT molecular complexity index is 487. The average Bonchev–Trinajstić information content (AvgIpc) is 2.17. The second kappa shape index (κ2) is 3.73. The fourth-order valence-electron chi connectivity index (χ4n) is 1.23. The van der Waals surface area contributed by atoms with Crippen molar-refractivity contribution in [2.45, 2.75) is 0 Å². The van der Waals surface area contributed by atoms with E-state index >= 15 is 0 Å². The van der Waals surface area contributed by atoms with Gasteiger partial charge in [0.2, 0.25) is 0 Å². The molecule has 1 unspecified atom stereocenters. The highest BCUT2D eigenvalue weighted by atomic mass is 32.2. The highest BCUT2D eigenvalue weighted by molar-refractivity contribution is 7.80. The minimum atomic E-state index is -2.05. The summed E-state index contributed by atoms with van der Waals surface area (Å²) in [6.45, 7) is 0. The number of aromatic nitrogens is 1. The van der Waals surface area contributed by atoms with Crippen molar-refractivity contribution < 1.29 is 8.76 Å². The van der Waals surface area contributed by atoms with Gasteiger partial charge in [-0.1, -0.05) is 18.2 Å². The van der Waals surface area contributed by atoms with Gasteiger partial charge in [0.05, 0.1) is 17.4 Å². The summed E-state index contributed by atoms with van der Waals surface area (Å²) in [5.74, 6) is 0. The summed E-state index contributed by atoms with van der Waals surface area (Å²) in [7, 11) is 0. The standard InChI is InChI=1S/C9H8N2O2S/c12-14(13)11-8-5-7-3-1-2-4-9(7)10-6-8/h1-6,11H,(H,12,13). The van der Waals surface area contributed by atoms with E-state index in [0.29, 0.717) is 5.69 Å². The predicted molar refractivity (Wildman–Crippen MR) is 56.1 cm³/mol. The van der Waals surface area contributed by atoms with Crippen LogP contribution in [-0.4, -0.2) is 13.7 Å². The van der Waals surface area contributed by atoms with Crippen LogP contribution in [0.1, 0.15) is 0 Å². The number of anilines is 1. The summed E-state index contributed by atoms with van der Waals surface area (Å²) in [6, 6.07) is 9.34. The Morgan fingerprint density at radius 1 is 1.36 bits per heavy atom. The number of benzene rings is 1. The topological polar surface area (TPSA) is 62.2 Å². The van der Waals surface area contributed by atoms with E-state index in [0.717, 1.165) is 10.9 Å². The molecule has 0 saturated carbocycles. The highest BCUT2D eigenvalue weighted by Gasteiger charge is 1.98. The van der Waals surface area contributed by atoms with Gasteiger partial charge >= 0.3 is 0 Å². The summed E-state index contributed by atoms with van der Waals surface area (Å²) in [5.41, 5.74) is 1.39. The zero-order valence-electron chi connectivity index (χ0n) is 7.18. The maximum Gasteiger partial charge on any atom is 0.259 e. The molecule has 0 aliphatic heterocycles. The number of hydrogen-bond acceptors (Lipinski definition) is 2. The molecule has 0 spiro atoms. The first-order chi connectivity index (χ1) is 6.75. The van der Waals surface area contributed by atoms with Crippen LogP contribution < -0.4 is 4.72 Å². The molecule has 5 heteroatoms. The molecule has 72 valence electrons. The molecular formula is C9H8N2O2S. The molecule has 2 rings (SSSR count). The molecule has 1 aromatic carbocycles. The number of pyridine rings is 1. The van der Waals surface area contributed by atoms with Crippen LogP contribution in [0.2, 0.25) is 0 Å². The third-order valence-electron chi connectivity index (χ3n) is 1.80. The van der Waals surface area contributed by atoms with Crippen molar-refractivity contribution >= 4 is 27.9 Å². The summed E-state index contributed by atoms with van der Waals surface area (Å²) in [5, 5.41) is 0.933. The van der Waals surface area contributed by atoms with Gasteiger partial charge in [-0.25, -0.2) is 4.21 Å². The average molecular weight is 208 g/mol. The SMILES string of the molecule is O=S(O)Nc1cnc2ccccc2c1. The number of fused-ring (bicyclic) bond motifs is 1. The van der Waals surface area contributed by atoms with Crippen molar-refractivity contribution in [3.63, 3.8) is 0 Å². The predicted octanol–water partition coefficient (Wildman–Crippen LogP) is 1.78. The van der Waals surface area contributed by atoms with Crippen molar-refractivity contribution in [3.05, 3.63) is 36.5 Å². The van der Waals surface area contributed by atoms with Gasteiger partial charge in [0.15, 0.2) is 0 Å². The van der Waals surface area contributed by atoms with Crippen LogP contribution >= 0.6 is 0 Å². The van der Waals surface area contributed by atoms with E-state index in [4.69, 9.17) is 4.55 Å². The summed E-state index contributed by atoms with van der Waals surface area (Å²) >= 11 is -2.05. The van der Waals surface area contributed by atoms with Crippen molar-refractivity contribution in [2.75, 3.05) is 4.72 Å². The van der Waals surface area contributed by atoms with Crippen molar-refractivity contribution in [1.82, 2.24) is 4.98 Å². The number of rotatable bonds is 2. The van der Waals surface area contributed by atoms with E-state index in [-0.39, 0.29) is 0 Å². The maximum atomic E-state index is 10.5. The minimum Gasteiger partial charge on any atom is -0.289 e. The summed E-state index contributed by atoms with van der Waals surface area (Å²) < 4.78 is 21.5. The van der Waals surface area contributed by atoms with Gasteiger partial charge in [0.1, 0.15) is 0 Å². The zero-order chi connectivity index (χ0) is 9.97. The fraction of sp³-hybridized carbons (Fsp3) is 0. The fourth-order valence-corrected chi connectivity index (χ4v) is 1.54. The van der Waals surface area contributed by atoms with Gasteiger partial charge in [-0.2, -0.15) is 0 Å². The molecule has 4 nitrogen and oxygen atoms in total. The van der Waals surface area contributed by atoms with Crippen LogP contribution in [-0.2, 0) is 11.3 Å². The molecule has 0 aliphatic carbocycles. The Morgan fingerprint density at radius 2 is 2.14 bits per heavy atom. The van der Waals surface area contributed by atoms with E-state index < -0.39 is 11.3 Å². The van der Waals surface area contributed by atoms with Gasteiger partial charge in [0, 0.05) is 5.39 Å². The van der Waals surface area contributed by atoms with Crippen LogP contribution in [0.5, 0.6) is 0 Å². The maximum absolute atomic E-state index is 10.5. The van der Waals surface area contributed by atoms with Crippen LogP contribution in [0.4, 0.5) is 5.69 Å². The molecule has 2 N–H and O–H groups in total. The normalized spacial score (nSPS) is 12.6. The molecule has 0 bridgehead atoms. The minimum absolute atomic E-state index is 0.532. The molecule has 2 aromatic rings. The number of hydrogen-bond donors (Lipinski definition) is 2. The zero-order valence-corrected chi connectivity index (χ0v) is 7.99. The molecule has 1 atom stereocenters. The Morgan fingerprint density at radius 3 is 2.93 bits per heavy atom. The quantitative estimate of drug-likeness (QED) is 0.739. The Kier molecular flexibility index (Phi) is 2.43. The molecule has 0 radical (unpaired) electrons. The van der Waals surface area contributed by atoms with Gasteiger partial charge in [-0.3, -0.25) is 14.3 Å². The molecule has 0 fully saturated rings. The smallest absolute Gasteiger partial charge is 0.259 e. The van der Waals surface area contributed by atoms with Gasteiger partial charge in [-0.15, -0.1) is 0 Å². The third kappa shape index (κ3) is 1.89. The number of nitrogens with zero attached hydrogens (tertiary/aromatic N) is 1. The van der Waals surface area contributed by atoms with Crippen molar-refractivity contribution in [3.8, 4) is 0 Å². The molecule has 1 aromatic heterocycles. The third-order valence-corrected chi connectivity index (χ3v) is 2.21. The lowest BCUT2D eigenvalue weighted by Gasteiger charge is -2.01. The lowest BCUT2D eigenvalue weighted by Crippen LogP contribution is -2.01. The van der Waals surface area contributed by atoms with E-state index in [9.17, 15) is 4.21 Å². The first kappa shape index (κ1) is 9.11. The second-order valence-corrected chi connectivity index (χ2v) is 3.47. The van der Waals surface area contributed by atoms with Crippen molar-refractivity contribution in [2.24, 2.45) is 0 Å². The Balaban J connectivity index is 2.46. The largest absolute Gasteiger partial charge is 0.289 e. The Hall–Kier alpha value is -1.46. The molecule has 14 heavy (non-hydrogen) atoms. The van der Waals surface area contributed by atoms with Crippen LogP contribution in [0.15, 0.2) is 36.5 Å². The van der Waals surface area contributed by atoms with Crippen LogP contribution in [0, 0.1) is 0 Å². The summed E-state index contributed by atoms with van der Waals surface area (Å²) in [4.78, 5) is 4.13. The van der Waals surface area contributed by atoms with Crippen molar-refractivity contribution in [1.29, 1.82) is 0 Å². The lowest BCUT2D eigenvalue weighted by molar-refractivity contribution is 0.570. The number of para-hydroxylation sites is 1. The first-order valence-corrected chi connectivity index (χ1v) is 5.09. The van der Waals surface area contributed by atoms with Gasteiger partial charge < -0.3 is 0 Å². The molecule has 0 amide bonds. The monoisotopic (exact) mass is 208 g/mol. The first-order valence-electron chi connectivity index (χ1n) is 3.98. The van der Waals surface area contributed by atoms with Gasteiger partial charge in [-0.05, 0) is 12.1 Å². The second-order valence-electron chi connectivity index (χ2n) is 2.77. The van der Waals surface area contributed by atoms with E-state index in [2.05, 4.69) is 9.71 Å². The van der Waals surface area contributed by atoms with Gasteiger partial charge in [0.25, 0.3) is 11.3 Å². The highest BCUT2D eigenvalue weighted by Crippen LogP contribution is 2.15. The van der Waals surface area contributed by atoms with E-state index in [1.54, 1.807) is 6.07 Å². The number of nitrogens with one attached hydrogen (secondary N) is 1. The summed E-state index contributed by atoms with van der Waals surface area (Å²) in [6.07, 6.45) is 1.52. The molecule has 1 heterocycles. The molecular weight excluding hydrogens is 200 g/mol. The molecule has 0 aliphatic rings. The van der Waals surface area contributed by atoms with E-state index in [1.165, 1.54) is 6.20 Å². The lowest BCUT2D eigenvalue weighted by atomic mass is 10.2.